The SMILES string of the molecule is CCOC(=O)C(=CC(C)(C)COCc1ccc(OC)cc1)C(=O)OCC. The molecule has 6 heteroatoms. The summed E-state index contributed by atoms with van der Waals surface area (Å²) in [5.74, 6) is -0.589. The molecule has 0 spiro atoms. The summed E-state index contributed by atoms with van der Waals surface area (Å²) in [4.78, 5) is 24.1. The first-order chi connectivity index (χ1) is 12.3. The molecule has 0 unspecified atom stereocenters. The lowest BCUT2D eigenvalue weighted by Gasteiger charge is -2.21. The second-order valence-corrected chi connectivity index (χ2v) is 6.33. The first-order valence-corrected chi connectivity index (χ1v) is 8.60. The highest BCUT2D eigenvalue weighted by Crippen LogP contribution is 2.22. The van der Waals surface area contributed by atoms with Gasteiger partial charge in [0.05, 0.1) is 33.5 Å². The molecule has 1 aromatic carbocycles. The van der Waals surface area contributed by atoms with Crippen LogP contribution in [0.2, 0.25) is 0 Å². The molecule has 0 saturated carbocycles. The molecule has 0 saturated heterocycles. The minimum absolute atomic E-state index is 0.105. The highest BCUT2D eigenvalue weighted by Gasteiger charge is 2.26. The number of carbonyl (C=O) groups excluding carboxylic acids is 2. The van der Waals surface area contributed by atoms with Crippen LogP contribution in [-0.4, -0.2) is 38.9 Å². The predicted molar refractivity (Wildman–Crippen MR) is 97.8 cm³/mol. The quantitative estimate of drug-likeness (QED) is 0.275. The van der Waals surface area contributed by atoms with Crippen LogP contribution in [0.4, 0.5) is 0 Å². The monoisotopic (exact) mass is 364 g/mol. The van der Waals surface area contributed by atoms with Gasteiger partial charge in [0.1, 0.15) is 11.3 Å². The Morgan fingerprint density at radius 1 is 1.00 bits per heavy atom. The van der Waals surface area contributed by atoms with Gasteiger partial charge in [0, 0.05) is 5.41 Å². The van der Waals surface area contributed by atoms with Gasteiger partial charge < -0.3 is 18.9 Å². The van der Waals surface area contributed by atoms with Gasteiger partial charge in [-0.2, -0.15) is 0 Å². The van der Waals surface area contributed by atoms with Crippen molar-refractivity contribution in [3.63, 3.8) is 0 Å². The van der Waals surface area contributed by atoms with Gasteiger partial charge in [-0.3, -0.25) is 0 Å². The van der Waals surface area contributed by atoms with Crippen molar-refractivity contribution in [3.05, 3.63) is 41.5 Å². The van der Waals surface area contributed by atoms with E-state index in [0.717, 1.165) is 11.3 Å². The molecule has 1 aromatic rings. The van der Waals surface area contributed by atoms with E-state index < -0.39 is 17.4 Å². The number of methoxy groups -OCH3 is 1. The lowest BCUT2D eigenvalue weighted by atomic mass is 9.91. The van der Waals surface area contributed by atoms with Crippen LogP contribution in [0, 0.1) is 5.41 Å². The number of benzene rings is 1. The van der Waals surface area contributed by atoms with Gasteiger partial charge in [0.2, 0.25) is 0 Å². The lowest BCUT2D eigenvalue weighted by molar-refractivity contribution is -0.146. The van der Waals surface area contributed by atoms with E-state index in [2.05, 4.69) is 0 Å². The topological polar surface area (TPSA) is 71.1 Å². The second-order valence-electron chi connectivity index (χ2n) is 6.33. The largest absolute Gasteiger partial charge is 0.497 e. The van der Waals surface area contributed by atoms with E-state index in [0.29, 0.717) is 13.2 Å². The number of hydrogen-bond acceptors (Lipinski definition) is 6. The molecule has 0 bridgehead atoms. The number of carbonyl (C=O) groups is 2. The van der Waals surface area contributed by atoms with E-state index in [1.807, 2.05) is 38.1 Å². The predicted octanol–water partition coefficient (Wildman–Crippen LogP) is 3.29. The molecule has 1 rings (SSSR count). The minimum atomic E-state index is -0.686. The standard InChI is InChI=1S/C20H28O6/c1-6-25-18(21)17(19(22)26-7-2)12-20(3,4)14-24-13-15-8-10-16(23-5)11-9-15/h8-12H,6-7,13-14H2,1-5H3. The summed E-state index contributed by atoms with van der Waals surface area (Å²) in [7, 11) is 1.62. The Morgan fingerprint density at radius 2 is 1.54 bits per heavy atom. The number of rotatable bonds is 10. The minimum Gasteiger partial charge on any atom is -0.497 e. The molecule has 0 amide bonds. The maximum atomic E-state index is 12.0. The van der Waals surface area contributed by atoms with Crippen molar-refractivity contribution < 1.29 is 28.5 Å². The van der Waals surface area contributed by atoms with Crippen molar-refractivity contribution in [1.29, 1.82) is 0 Å². The molecular weight excluding hydrogens is 336 g/mol. The maximum absolute atomic E-state index is 12.0. The van der Waals surface area contributed by atoms with Gasteiger partial charge in [-0.25, -0.2) is 9.59 Å². The van der Waals surface area contributed by atoms with E-state index in [1.54, 1.807) is 27.0 Å². The second kappa shape index (κ2) is 10.6. The Labute approximate surface area is 155 Å². The van der Waals surface area contributed by atoms with E-state index >= 15 is 0 Å². The zero-order valence-corrected chi connectivity index (χ0v) is 16.2. The first-order valence-electron chi connectivity index (χ1n) is 8.60. The summed E-state index contributed by atoms with van der Waals surface area (Å²) in [6.45, 7) is 8.22. The summed E-state index contributed by atoms with van der Waals surface area (Å²) >= 11 is 0. The zero-order valence-electron chi connectivity index (χ0n) is 16.2. The third kappa shape index (κ3) is 7.27. The molecule has 0 fully saturated rings. The van der Waals surface area contributed by atoms with Crippen LogP contribution in [0.1, 0.15) is 33.3 Å². The first kappa shape index (κ1) is 21.7. The van der Waals surface area contributed by atoms with Crippen LogP contribution >= 0.6 is 0 Å². The third-order valence-electron chi connectivity index (χ3n) is 3.43. The fourth-order valence-corrected chi connectivity index (χ4v) is 2.20. The average molecular weight is 364 g/mol. The van der Waals surface area contributed by atoms with Crippen LogP contribution in [-0.2, 0) is 30.4 Å². The Balaban J connectivity index is 2.75. The molecule has 26 heavy (non-hydrogen) atoms. The van der Waals surface area contributed by atoms with Crippen molar-refractivity contribution in [2.75, 3.05) is 26.9 Å². The normalized spacial score (nSPS) is 10.8. The molecule has 0 radical (unpaired) electrons. The van der Waals surface area contributed by atoms with Crippen molar-refractivity contribution in [1.82, 2.24) is 0 Å². The van der Waals surface area contributed by atoms with Gasteiger partial charge in [-0.1, -0.05) is 32.1 Å². The smallest absolute Gasteiger partial charge is 0.345 e. The van der Waals surface area contributed by atoms with Crippen LogP contribution in [0.15, 0.2) is 35.9 Å². The third-order valence-corrected chi connectivity index (χ3v) is 3.43. The fraction of sp³-hybridized carbons (Fsp3) is 0.500. The van der Waals surface area contributed by atoms with Crippen molar-refractivity contribution >= 4 is 11.9 Å². The molecule has 6 nitrogen and oxygen atoms in total. The molecule has 0 N–H and O–H groups in total. The van der Waals surface area contributed by atoms with Crippen molar-refractivity contribution in [3.8, 4) is 5.75 Å². The van der Waals surface area contributed by atoms with Crippen LogP contribution in [0.5, 0.6) is 5.75 Å². The molecular formula is C20H28O6. The van der Waals surface area contributed by atoms with Crippen molar-refractivity contribution in [2.45, 2.75) is 34.3 Å². The van der Waals surface area contributed by atoms with E-state index in [4.69, 9.17) is 18.9 Å². The zero-order chi connectivity index (χ0) is 19.6. The molecule has 0 aliphatic rings. The van der Waals surface area contributed by atoms with Crippen LogP contribution < -0.4 is 4.74 Å². The fourth-order valence-electron chi connectivity index (χ4n) is 2.20. The van der Waals surface area contributed by atoms with E-state index in [1.165, 1.54) is 0 Å². The molecule has 144 valence electrons. The van der Waals surface area contributed by atoms with Gasteiger partial charge in [0.15, 0.2) is 0 Å². The number of hydrogen-bond donors (Lipinski definition) is 0. The molecule has 0 heterocycles. The van der Waals surface area contributed by atoms with E-state index in [9.17, 15) is 9.59 Å². The molecule has 0 atom stereocenters. The molecule has 0 aromatic heterocycles. The summed E-state index contributed by atoms with van der Waals surface area (Å²) in [6.07, 6.45) is 1.55. The highest BCUT2D eigenvalue weighted by molar-refractivity contribution is 6.14. The van der Waals surface area contributed by atoms with Crippen LogP contribution in [0.3, 0.4) is 0 Å². The number of ether oxygens (including phenoxy) is 4. The Bertz CT molecular complexity index is 596. The highest BCUT2D eigenvalue weighted by atomic mass is 16.6. The van der Waals surface area contributed by atoms with Gasteiger partial charge in [-0.15, -0.1) is 0 Å². The van der Waals surface area contributed by atoms with Gasteiger partial charge in [-0.05, 0) is 31.5 Å². The Kier molecular flexibility index (Phi) is 8.85. The Morgan fingerprint density at radius 3 is 2.00 bits per heavy atom. The summed E-state index contributed by atoms with van der Waals surface area (Å²) in [5, 5.41) is 0. The maximum Gasteiger partial charge on any atom is 0.345 e. The van der Waals surface area contributed by atoms with Gasteiger partial charge in [0.25, 0.3) is 0 Å². The van der Waals surface area contributed by atoms with Crippen molar-refractivity contribution in [2.24, 2.45) is 5.41 Å². The summed E-state index contributed by atoms with van der Waals surface area (Å²) in [6, 6.07) is 7.57. The Hall–Kier alpha value is -2.34. The number of esters is 2. The van der Waals surface area contributed by atoms with Crippen LogP contribution in [0.25, 0.3) is 0 Å². The molecule has 0 aliphatic heterocycles. The summed E-state index contributed by atoms with van der Waals surface area (Å²) < 4.78 is 20.8. The summed E-state index contributed by atoms with van der Waals surface area (Å²) in [5.41, 5.74) is 0.342. The average Bonchev–Trinajstić information content (AvgIpc) is 2.60. The lowest BCUT2D eigenvalue weighted by Crippen LogP contribution is -2.24. The van der Waals surface area contributed by atoms with E-state index in [-0.39, 0.29) is 18.8 Å². The van der Waals surface area contributed by atoms with Gasteiger partial charge >= 0.3 is 11.9 Å². The molecule has 0 aliphatic carbocycles.